The fourth-order valence-corrected chi connectivity index (χ4v) is 4.67. The lowest BCUT2D eigenvalue weighted by Crippen LogP contribution is -2.48. The van der Waals surface area contributed by atoms with E-state index in [9.17, 15) is 5.26 Å². The lowest BCUT2D eigenvalue weighted by Gasteiger charge is -2.35. The average molecular weight is 282 g/mol. The van der Waals surface area contributed by atoms with Crippen molar-refractivity contribution >= 4 is 23.3 Å². The molecule has 2 rings (SSSR count). The first-order valence-corrected chi connectivity index (χ1v) is 7.96. The number of nitrogens with one attached hydrogen (secondary N) is 1. The first kappa shape index (κ1) is 13.8. The lowest BCUT2D eigenvalue weighted by atomic mass is 9.82. The minimum absolute atomic E-state index is 0.329. The Morgan fingerprint density at radius 2 is 2.50 bits per heavy atom. The number of nitrogens with zero attached hydrogens (tertiary/aromatic N) is 3. The van der Waals surface area contributed by atoms with Crippen molar-refractivity contribution < 1.29 is 0 Å². The topological polar surface area (TPSA) is 61.6 Å². The highest BCUT2D eigenvalue weighted by atomic mass is 32.2. The molecule has 1 fully saturated rings. The quantitative estimate of drug-likeness (QED) is 0.920. The SMILES string of the molecule is CCNC1(C#N)CCCC(Sc2nc(C)ns2)C1. The Morgan fingerprint density at radius 1 is 1.67 bits per heavy atom. The van der Waals surface area contributed by atoms with Crippen LogP contribution in [0.15, 0.2) is 4.34 Å². The van der Waals surface area contributed by atoms with Crippen LogP contribution < -0.4 is 5.32 Å². The zero-order valence-electron chi connectivity index (χ0n) is 10.8. The van der Waals surface area contributed by atoms with Gasteiger partial charge in [0.05, 0.1) is 6.07 Å². The maximum Gasteiger partial charge on any atom is 0.170 e. The number of thioether (sulfide) groups is 1. The van der Waals surface area contributed by atoms with Crippen molar-refractivity contribution in [3.8, 4) is 6.07 Å². The van der Waals surface area contributed by atoms with E-state index in [0.717, 1.165) is 42.4 Å². The van der Waals surface area contributed by atoms with Crippen LogP contribution in [0.2, 0.25) is 0 Å². The first-order valence-electron chi connectivity index (χ1n) is 6.31. The van der Waals surface area contributed by atoms with E-state index < -0.39 is 0 Å². The second-order valence-corrected chi connectivity index (χ2v) is 6.97. The molecule has 0 bridgehead atoms. The van der Waals surface area contributed by atoms with Gasteiger partial charge in [-0.1, -0.05) is 18.7 Å². The molecule has 2 atom stereocenters. The Morgan fingerprint density at radius 3 is 3.11 bits per heavy atom. The zero-order valence-corrected chi connectivity index (χ0v) is 12.4. The zero-order chi connectivity index (χ0) is 13.0. The van der Waals surface area contributed by atoms with Crippen molar-refractivity contribution in [2.24, 2.45) is 0 Å². The van der Waals surface area contributed by atoms with E-state index in [-0.39, 0.29) is 5.54 Å². The average Bonchev–Trinajstić information content (AvgIpc) is 2.75. The highest BCUT2D eigenvalue weighted by molar-refractivity contribution is 8.01. The Kier molecular flexibility index (Phi) is 4.60. The summed E-state index contributed by atoms with van der Waals surface area (Å²) in [6.07, 6.45) is 4.14. The Bertz CT molecular complexity index is 436. The van der Waals surface area contributed by atoms with Gasteiger partial charge >= 0.3 is 0 Å². The van der Waals surface area contributed by atoms with Crippen LogP contribution in [0.1, 0.15) is 38.4 Å². The van der Waals surface area contributed by atoms with Gasteiger partial charge in [-0.15, -0.1) is 0 Å². The van der Waals surface area contributed by atoms with E-state index in [1.165, 1.54) is 11.5 Å². The molecule has 0 radical (unpaired) electrons. The molecule has 1 N–H and O–H groups in total. The molecule has 1 aromatic heterocycles. The number of nitriles is 1. The van der Waals surface area contributed by atoms with Crippen LogP contribution in [0.4, 0.5) is 0 Å². The molecule has 1 aromatic rings. The monoisotopic (exact) mass is 282 g/mol. The molecular formula is C12H18N4S2. The highest BCUT2D eigenvalue weighted by Gasteiger charge is 2.36. The largest absolute Gasteiger partial charge is 0.300 e. The predicted molar refractivity (Wildman–Crippen MR) is 74.8 cm³/mol. The molecule has 1 aliphatic carbocycles. The summed E-state index contributed by atoms with van der Waals surface area (Å²) in [5.41, 5.74) is -0.329. The van der Waals surface area contributed by atoms with E-state index in [1.54, 1.807) is 11.8 Å². The summed E-state index contributed by atoms with van der Waals surface area (Å²) in [6, 6.07) is 2.48. The van der Waals surface area contributed by atoms with Crippen molar-refractivity contribution in [3.63, 3.8) is 0 Å². The summed E-state index contributed by atoms with van der Waals surface area (Å²) in [7, 11) is 0. The van der Waals surface area contributed by atoms with Crippen LogP contribution >= 0.6 is 23.3 Å². The van der Waals surface area contributed by atoms with Crippen molar-refractivity contribution in [1.82, 2.24) is 14.7 Å². The molecule has 6 heteroatoms. The fourth-order valence-electron chi connectivity index (χ4n) is 2.43. The van der Waals surface area contributed by atoms with Crippen LogP contribution in [0.5, 0.6) is 0 Å². The molecule has 0 aliphatic heterocycles. The van der Waals surface area contributed by atoms with Gasteiger partial charge in [-0.05, 0) is 50.7 Å². The molecule has 4 nitrogen and oxygen atoms in total. The minimum atomic E-state index is -0.329. The van der Waals surface area contributed by atoms with Crippen LogP contribution in [-0.4, -0.2) is 26.7 Å². The van der Waals surface area contributed by atoms with Crippen LogP contribution in [0.3, 0.4) is 0 Å². The normalized spacial score (nSPS) is 27.9. The Hall–Kier alpha value is -0.640. The maximum atomic E-state index is 9.41. The van der Waals surface area contributed by atoms with Crippen molar-refractivity contribution in [1.29, 1.82) is 5.26 Å². The fraction of sp³-hybridized carbons (Fsp3) is 0.750. The third kappa shape index (κ3) is 3.22. The van der Waals surface area contributed by atoms with Gasteiger partial charge in [-0.2, -0.15) is 9.64 Å². The summed E-state index contributed by atoms with van der Waals surface area (Å²) in [5.74, 6) is 0.844. The molecule has 0 spiro atoms. The van der Waals surface area contributed by atoms with Crippen molar-refractivity contribution in [2.45, 2.75) is 54.7 Å². The van der Waals surface area contributed by atoms with Crippen molar-refractivity contribution in [2.75, 3.05) is 6.54 Å². The second kappa shape index (κ2) is 6.00. The predicted octanol–water partition coefficient (Wildman–Crippen LogP) is 2.75. The lowest BCUT2D eigenvalue weighted by molar-refractivity contribution is 0.309. The molecular weight excluding hydrogens is 264 g/mol. The number of aryl methyl sites for hydroxylation is 1. The van der Waals surface area contributed by atoms with Gasteiger partial charge in [0.15, 0.2) is 4.34 Å². The molecule has 2 unspecified atom stereocenters. The van der Waals surface area contributed by atoms with Gasteiger partial charge in [0.1, 0.15) is 11.4 Å². The summed E-state index contributed by atoms with van der Waals surface area (Å²) >= 11 is 3.25. The standard InChI is InChI=1S/C12H18N4S2/c1-3-14-12(8-13)6-4-5-10(7-12)17-11-15-9(2)16-18-11/h10,14H,3-7H2,1-2H3. The van der Waals surface area contributed by atoms with E-state index in [2.05, 4.69) is 27.7 Å². The molecule has 1 heterocycles. The van der Waals surface area contributed by atoms with Crippen LogP contribution in [0.25, 0.3) is 0 Å². The van der Waals surface area contributed by atoms with E-state index in [4.69, 9.17) is 0 Å². The Balaban J connectivity index is 2.00. The van der Waals surface area contributed by atoms with Gasteiger partial charge in [-0.3, -0.25) is 5.32 Å². The molecule has 0 aromatic carbocycles. The molecule has 1 saturated carbocycles. The summed E-state index contributed by atoms with van der Waals surface area (Å²) in [5, 5.41) is 13.3. The van der Waals surface area contributed by atoms with E-state index >= 15 is 0 Å². The first-order chi connectivity index (χ1) is 8.67. The number of hydrogen-bond acceptors (Lipinski definition) is 6. The highest BCUT2D eigenvalue weighted by Crippen LogP contribution is 2.38. The van der Waals surface area contributed by atoms with Gasteiger partial charge in [0.25, 0.3) is 0 Å². The third-order valence-corrected chi connectivity index (χ3v) is 5.36. The maximum absolute atomic E-state index is 9.41. The molecule has 1 aliphatic rings. The van der Waals surface area contributed by atoms with E-state index in [0.29, 0.717) is 5.25 Å². The van der Waals surface area contributed by atoms with Gasteiger partial charge in [0, 0.05) is 5.25 Å². The molecule has 18 heavy (non-hydrogen) atoms. The van der Waals surface area contributed by atoms with Gasteiger partial charge in [0.2, 0.25) is 0 Å². The van der Waals surface area contributed by atoms with Gasteiger partial charge < -0.3 is 0 Å². The van der Waals surface area contributed by atoms with Crippen LogP contribution in [0, 0.1) is 18.3 Å². The molecule has 0 amide bonds. The summed E-state index contributed by atoms with van der Waals surface area (Å²) in [4.78, 5) is 4.39. The van der Waals surface area contributed by atoms with Gasteiger partial charge in [-0.25, -0.2) is 4.98 Å². The number of aromatic nitrogens is 2. The second-order valence-electron chi connectivity index (χ2n) is 4.67. The minimum Gasteiger partial charge on any atom is -0.300 e. The Labute approximate surface area is 116 Å². The van der Waals surface area contributed by atoms with E-state index in [1.807, 2.05) is 6.92 Å². The third-order valence-electron chi connectivity index (χ3n) is 3.21. The smallest absolute Gasteiger partial charge is 0.170 e. The number of rotatable bonds is 4. The molecule has 0 saturated heterocycles. The molecule has 98 valence electrons. The summed E-state index contributed by atoms with van der Waals surface area (Å²) in [6.45, 7) is 4.83. The summed E-state index contributed by atoms with van der Waals surface area (Å²) < 4.78 is 5.23. The van der Waals surface area contributed by atoms with Crippen LogP contribution in [-0.2, 0) is 0 Å². The van der Waals surface area contributed by atoms with Crippen molar-refractivity contribution in [3.05, 3.63) is 5.82 Å². The number of hydrogen-bond donors (Lipinski definition) is 1.